The molecule has 0 fully saturated rings. The Hall–Kier alpha value is -2.39. The van der Waals surface area contributed by atoms with Crippen molar-refractivity contribution in [1.29, 1.82) is 0 Å². The normalized spacial score (nSPS) is 12.1. The second-order valence-corrected chi connectivity index (χ2v) is 7.07. The van der Waals surface area contributed by atoms with E-state index in [-0.39, 0.29) is 29.1 Å². The molecule has 0 saturated carbocycles. The quantitative estimate of drug-likeness (QED) is 0.459. The van der Waals surface area contributed by atoms with Crippen LogP contribution in [0.5, 0.6) is 5.75 Å². The van der Waals surface area contributed by atoms with Gasteiger partial charge in [-0.3, -0.25) is 19.5 Å². The van der Waals surface area contributed by atoms with Crippen LogP contribution in [0.15, 0.2) is 41.5 Å². The molecule has 0 aliphatic rings. The number of aliphatic hydroxyl groups is 1. The number of halogens is 3. The van der Waals surface area contributed by atoms with Gasteiger partial charge < -0.3 is 9.84 Å². The molecule has 0 saturated heterocycles. The molecule has 0 radical (unpaired) electrons. The predicted molar refractivity (Wildman–Crippen MR) is 106 cm³/mol. The van der Waals surface area contributed by atoms with Crippen molar-refractivity contribution >= 4 is 51.4 Å². The summed E-state index contributed by atoms with van der Waals surface area (Å²) in [4.78, 5) is 27.0. The van der Waals surface area contributed by atoms with Gasteiger partial charge in [0.25, 0.3) is 11.2 Å². The fourth-order valence-corrected chi connectivity index (χ4v) is 3.05. The maximum Gasteiger partial charge on any atom is 0.288 e. The van der Waals surface area contributed by atoms with Crippen molar-refractivity contribution in [2.75, 3.05) is 6.61 Å². The monoisotopic (exact) mass is 443 g/mol. The van der Waals surface area contributed by atoms with Gasteiger partial charge in [-0.05, 0) is 18.2 Å². The Labute approximate surface area is 173 Å². The molecule has 146 valence electrons. The third kappa shape index (κ3) is 4.36. The zero-order valence-electron chi connectivity index (χ0n) is 14.0. The smallest absolute Gasteiger partial charge is 0.288 e. The van der Waals surface area contributed by atoms with E-state index in [1.165, 1.54) is 18.5 Å². The van der Waals surface area contributed by atoms with Crippen LogP contribution >= 0.6 is 34.8 Å². The Bertz CT molecular complexity index is 1120. The summed E-state index contributed by atoms with van der Waals surface area (Å²) in [5.41, 5.74) is -0.733. The van der Waals surface area contributed by atoms with Crippen LogP contribution in [0.25, 0.3) is 10.9 Å². The molecule has 0 aliphatic carbocycles. The third-order valence-corrected chi connectivity index (χ3v) is 4.67. The van der Waals surface area contributed by atoms with Crippen LogP contribution < -0.4 is 10.3 Å². The maximum atomic E-state index is 12.6. The van der Waals surface area contributed by atoms with E-state index in [0.717, 1.165) is 10.6 Å². The molecule has 3 rings (SSSR count). The third-order valence-electron chi connectivity index (χ3n) is 3.82. The Morgan fingerprint density at radius 3 is 2.68 bits per heavy atom. The zero-order valence-corrected chi connectivity index (χ0v) is 16.3. The molecule has 1 atom stereocenters. The number of aromatic nitrogens is 2. The number of aliphatic hydroxyl groups excluding tert-OH is 1. The van der Waals surface area contributed by atoms with E-state index >= 15 is 0 Å². The van der Waals surface area contributed by atoms with E-state index in [2.05, 4.69) is 4.98 Å². The number of fused-ring (bicyclic) bond motifs is 1. The van der Waals surface area contributed by atoms with Crippen LogP contribution in [-0.2, 0) is 6.54 Å². The average molecular weight is 445 g/mol. The summed E-state index contributed by atoms with van der Waals surface area (Å²) in [6, 6.07) is 6.98. The minimum atomic E-state index is -1.07. The largest absolute Gasteiger partial charge is 0.489 e. The first-order chi connectivity index (χ1) is 13.3. The van der Waals surface area contributed by atoms with Crippen LogP contribution in [0.4, 0.5) is 5.69 Å². The minimum Gasteiger partial charge on any atom is -0.489 e. The van der Waals surface area contributed by atoms with Gasteiger partial charge in [-0.2, -0.15) is 0 Å². The molecule has 8 nitrogen and oxygen atoms in total. The molecule has 0 aliphatic heterocycles. The number of benzene rings is 2. The molecular weight excluding hydrogens is 433 g/mol. The second-order valence-electron chi connectivity index (χ2n) is 5.82. The zero-order chi connectivity index (χ0) is 20.4. The number of rotatable bonds is 6. The predicted octanol–water partition coefficient (Wildman–Crippen LogP) is 3.70. The molecular formula is C17H12Cl3N3O5. The summed E-state index contributed by atoms with van der Waals surface area (Å²) >= 11 is 17.7. The summed E-state index contributed by atoms with van der Waals surface area (Å²) in [6.45, 7) is -0.304. The Morgan fingerprint density at radius 1 is 1.21 bits per heavy atom. The second kappa shape index (κ2) is 8.32. The van der Waals surface area contributed by atoms with Gasteiger partial charge in [0.2, 0.25) is 0 Å². The van der Waals surface area contributed by atoms with Crippen LogP contribution in [-0.4, -0.2) is 32.3 Å². The minimum absolute atomic E-state index is 0.0182. The lowest BCUT2D eigenvalue weighted by atomic mass is 10.2. The molecule has 1 aromatic heterocycles. The number of ether oxygens (including phenoxy) is 1. The van der Waals surface area contributed by atoms with Crippen molar-refractivity contribution in [1.82, 2.24) is 9.55 Å². The molecule has 1 N–H and O–H groups in total. The van der Waals surface area contributed by atoms with E-state index < -0.39 is 22.3 Å². The fourth-order valence-electron chi connectivity index (χ4n) is 2.49. The lowest BCUT2D eigenvalue weighted by Crippen LogP contribution is -2.30. The number of nitro groups is 1. The fraction of sp³-hybridized carbons (Fsp3) is 0.176. The van der Waals surface area contributed by atoms with Gasteiger partial charge in [0.05, 0.1) is 33.7 Å². The van der Waals surface area contributed by atoms with E-state index in [4.69, 9.17) is 39.5 Å². The summed E-state index contributed by atoms with van der Waals surface area (Å²) < 4.78 is 6.57. The molecule has 3 aromatic rings. The highest BCUT2D eigenvalue weighted by molar-refractivity contribution is 6.34. The molecule has 0 unspecified atom stereocenters. The lowest BCUT2D eigenvalue weighted by molar-refractivity contribution is -0.384. The number of nitro benzene ring substituents is 1. The van der Waals surface area contributed by atoms with Gasteiger partial charge in [0, 0.05) is 17.2 Å². The van der Waals surface area contributed by atoms with Crippen molar-refractivity contribution in [2.45, 2.75) is 12.6 Å². The highest BCUT2D eigenvalue weighted by Gasteiger charge is 2.17. The van der Waals surface area contributed by atoms with Crippen molar-refractivity contribution in [3.8, 4) is 5.75 Å². The Balaban J connectivity index is 1.80. The van der Waals surface area contributed by atoms with Crippen LogP contribution in [0, 0.1) is 10.1 Å². The van der Waals surface area contributed by atoms with Crippen LogP contribution in [0.1, 0.15) is 0 Å². The van der Waals surface area contributed by atoms with Crippen molar-refractivity contribution in [3.05, 3.63) is 72.2 Å². The molecule has 0 bridgehead atoms. The summed E-state index contributed by atoms with van der Waals surface area (Å²) in [6.07, 6.45) is 0.150. The highest BCUT2D eigenvalue weighted by atomic mass is 35.5. The van der Waals surface area contributed by atoms with E-state index in [1.807, 2.05) is 0 Å². The molecule has 11 heteroatoms. The number of hydrogen-bond acceptors (Lipinski definition) is 6. The van der Waals surface area contributed by atoms with Crippen molar-refractivity contribution < 1.29 is 14.8 Å². The standard InChI is InChI=1S/C17H12Cl3N3O5/c18-9-1-2-12(19)16(3-9)28-7-10(24)6-22-8-21-14-5-13(20)15(23(26)27)4-11(14)17(22)25/h1-5,8,10,24H,6-7H2/t10-/m1/s1. The molecule has 0 spiro atoms. The van der Waals surface area contributed by atoms with Crippen molar-refractivity contribution in [3.63, 3.8) is 0 Å². The van der Waals surface area contributed by atoms with Crippen LogP contribution in [0.2, 0.25) is 15.1 Å². The van der Waals surface area contributed by atoms with Crippen LogP contribution in [0.3, 0.4) is 0 Å². The van der Waals surface area contributed by atoms with E-state index in [9.17, 15) is 20.0 Å². The maximum absolute atomic E-state index is 12.6. The van der Waals surface area contributed by atoms with Gasteiger partial charge in [-0.15, -0.1) is 0 Å². The first kappa shape index (κ1) is 20.3. The number of hydrogen-bond donors (Lipinski definition) is 1. The molecule has 2 aromatic carbocycles. The van der Waals surface area contributed by atoms with Gasteiger partial charge in [0.15, 0.2) is 0 Å². The molecule has 0 amide bonds. The SMILES string of the molecule is O=c1c2cc([N+](=O)[O-])c(Cl)cc2ncn1C[C@@H](O)COc1cc(Cl)ccc1Cl. The molecule has 28 heavy (non-hydrogen) atoms. The van der Waals surface area contributed by atoms with E-state index in [1.54, 1.807) is 12.1 Å². The lowest BCUT2D eigenvalue weighted by Gasteiger charge is -2.15. The Morgan fingerprint density at radius 2 is 1.96 bits per heavy atom. The first-order valence-corrected chi connectivity index (χ1v) is 8.98. The highest BCUT2D eigenvalue weighted by Crippen LogP contribution is 2.28. The first-order valence-electron chi connectivity index (χ1n) is 7.85. The van der Waals surface area contributed by atoms with Crippen molar-refractivity contribution in [2.24, 2.45) is 0 Å². The summed E-state index contributed by atoms with van der Waals surface area (Å²) in [7, 11) is 0. The van der Waals surface area contributed by atoms with Gasteiger partial charge in [-0.1, -0.05) is 34.8 Å². The van der Waals surface area contributed by atoms with Gasteiger partial charge in [0.1, 0.15) is 23.5 Å². The Kier molecular flexibility index (Phi) is 6.04. The summed E-state index contributed by atoms with van der Waals surface area (Å²) in [5.74, 6) is 0.294. The van der Waals surface area contributed by atoms with Gasteiger partial charge >= 0.3 is 0 Å². The summed E-state index contributed by atoms with van der Waals surface area (Å²) in [5, 5.41) is 21.9. The average Bonchev–Trinajstić information content (AvgIpc) is 2.64. The number of nitrogens with zero attached hydrogens (tertiary/aromatic N) is 3. The van der Waals surface area contributed by atoms with Gasteiger partial charge in [-0.25, -0.2) is 4.98 Å². The topological polar surface area (TPSA) is 107 Å². The molecule has 1 heterocycles. The van der Waals surface area contributed by atoms with E-state index in [0.29, 0.717) is 15.8 Å².